The zero-order valence-electron chi connectivity index (χ0n) is 18.2. The number of nitrogens with one attached hydrogen (secondary N) is 3. The first-order valence-electron chi connectivity index (χ1n) is 10.4. The number of amides is 2. The van der Waals surface area contributed by atoms with Gasteiger partial charge in [-0.1, -0.05) is 48.5 Å². The van der Waals surface area contributed by atoms with E-state index in [1.165, 1.54) is 23.5 Å². The van der Waals surface area contributed by atoms with Crippen LogP contribution in [0.2, 0.25) is 0 Å². The summed E-state index contributed by atoms with van der Waals surface area (Å²) in [5, 5.41) is 7.64. The number of carbonyl (C=O) groups is 1. The third-order valence-electron chi connectivity index (χ3n) is 4.80. The fraction of sp³-hybridized carbons (Fsp3) is 0.130. The molecule has 0 bridgehead atoms. The molecular formula is C23H22N4O5S3. The topological polar surface area (TPSA) is 130 Å². The van der Waals surface area contributed by atoms with Crippen LogP contribution >= 0.6 is 22.7 Å². The normalized spacial score (nSPS) is 12.1. The highest BCUT2D eigenvalue weighted by Crippen LogP contribution is 2.30. The van der Waals surface area contributed by atoms with E-state index in [1.807, 2.05) is 57.9 Å². The molecule has 35 heavy (non-hydrogen) atoms. The summed E-state index contributed by atoms with van der Waals surface area (Å²) in [5.74, 6) is 0. The van der Waals surface area contributed by atoms with Gasteiger partial charge in [0.25, 0.3) is 0 Å². The molecule has 0 saturated heterocycles. The summed E-state index contributed by atoms with van der Waals surface area (Å²) in [6.07, 6.45) is 0.395. The number of aromatic nitrogens is 1. The number of hydroxylamine groups is 1. The summed E-state index contributed by atoms with van der Waals surface area (Å²) in [6.45, 7) is 0.223. The second kappa shape index (κ2) is 11.4. The zero-order valence-corrected chi connectivity index (χ0v) is 20.7. The van der Waals surface area contributed by atoms with Crippen LogP contribution in [0.3, 0.4) is 0 Å². The number of rotatable bonds is 10. The second-order valence-corrected chi connectivity index (χ2v) is 10.4. The summed E-state index contributed by atoms with van der Waals surface area (Å²) in [5.41, 5.74) is 5.07. The highest BCUT2D eigenvalue weighted by Gasteiger charge is 2.20. The number of benzene rings is 2. The molecule has 0 aliphatic rings. The lowest BCUT2D eigenvalue weighted by Gasteiger charge is -2.18. The maximum atomic E-state index is 12.6. The molecule has 2 aromatic heterocycles. The Morgan fingerprint density at radius 3 is 2.46 bits per heavy atom. The summed E-state index contributed by atoms with van der Waals surface area (Å²) < 4.78 is 33.0. The van der Waals surface area contributed by atoms with E-state index in [0.717, 1.165) is 21.0 Å². The fourth-order valence-corrected chi connectivity index (χ4v) is 5.35. The van der Waals surface area contributed by atoms with Crippen LogP contribution in [-0.4, -0.2) is 24.0 Å². The maximum absolute atomic E-state index is 12.6. The molecule has 182 valence electrons. The minimum atomic E-state index is -4.36. The Bertz CT molecular complexity index is 1340. The molecule has 1 atom stereocenters. The predicted molar refractivity (Wildman–Crippen MR) is 136 cm³/mol. The van der Waals surface area contributed by atoms with Gasteiger partial charge in [0.2, 0.25) is 0 Å². The predicted octanol–water partition coefficient (Wildman–Crippen LogP) is 4.80. The van der Waals surface area contributed by atoms with Crippen molar-refractivity contribution in [2.24, 2.45) is 0 Å². The maximum Gasteiger partial charge on any atom is 0.357 e. The van der Waals surface area contributed by atoms with Crippen molar-refractivity contribution in [3.8, 4) is 9.88 Å². The molecule has 0 aliphatic carbocycles. The van der Waals surface area contributed by atoms with Crippen molar-refractivity contribution in [1.82, 2.24) is 15.8 Å². The largest absolute Gasteiger partial charge is 0.357 e. The summed E-state index contributed by atoms with van der Waals surface area (Å²) in [7, 11) is -4.36. The minimum Gasteiger partial charge on any atom is -0.328 e. The van der Waals surface area contributed by atoms with Gasteiger partial charge in [0.15, 0.2) is 0 Å². The number of anilines is 1. The van der Waals surface area contributed by atoms with Gasteiger partial charge in [0, 0.05) is 5.38 Å². The van der Waals surface area contributed by atoms with Crippen LogP contribution in [-0.2, 0) is 28.2 Å². The highest BCUT2D eigenvalue weighted by molar-refractivity contribution is 7.87. The molecule has 9 nitrogen and oxygen atoms in total. The van der Waals surface area contributed by atoms with Gasteiger partial charge in [-0.2, -0.15) is 8.42 Å². The van der Waals surface area contributed by atoms with E-state index in [1.54, 1.807) is 23.5 Å². The minimum absolute atomic E-state index is 0.223. The van der Waals surface area contributed by atoms with Gasteiger partial charge in [0.1, 0.15) is 5.01 Å². The number of thiophene rings is 1. The number of hydrogen-bond donors (Lipinski definition) is 4. The van der Waals surface area contributed by atoms with Crippen LogP contribution in [0.4, 0.5) is 10.5 Å². The SMILES string of the molecule is O=C(NOCc1ccccc1)NC(Cc1ccc(NS(=O)(=O)O)cc1)c1csc(-c2cccs2)n1. The number of urea groups is 1. The summed E-state index contributed by atoms with van der Waals surface area (Å²) >= 11 is 3.07. The van der Waals surface area contributed by atoms with Crippen molar-refractivity contribution in [2.45, 2.75) is 19.1 Å². The lowest BCUT2D eigenvalue weighted by molar-refractivity contribution is 0.0480. The molecule has 4 rings (SSSR count). The monoisotopic (exact) mass is 530 g/mol. The lowest BCUT2D eigenvalue weighted by Crippen LogP contribution is -2.38. The Balaban J connectivity index is 1.45. The Kier molecular flexibility index (Phi) is 8.10. The van der Waals surface area contributed by atoms with Crippen molar-refractivity contribution in [3.63, 3.8) is 0 Å². The van der Waals surface area contributed by atoms with E-state index in [2.05, 4.69) is 10.8 Å². The standard InChI is InChI=1S/C23H22N4O5S3/c28-23(26-32-14-17-5-2-1-3-6-17)25-19(20-15-34-22(24-20)21-7-4-12-33-21)13-16-8-10-18(11-9-16)27-35(29,30)31/h1-12,15,19,27H,13-14H2,(H2,25,26,28)(H,29,30,31). The number of carbonyl (C=O) groups excluding carboxylic acids is 1. The molecule has 4 N–H and O–H groups in total. The van der Waals surface area contributed by atoms with Crippen LogP contribution < -0.4 is 15.5 Å². The first kappa shape index (κ1) is 24.8. The molecule has 1 unspecified atom stereocenters. The zero-order chi connectivity index (χ0) is 24.7. The van der Waals surface area contributed by atoms with E-state index >= 15 is 0 Å². The summed E-state index contributed by atoms with van der Waals surface area (Å²) in [6, 6.07) is 18.9. The van der Waals surface area contributed by atoms with Crippen LogP contribution in [0.5, 0.6) is 0 Å². The fourth-order valence-electron chi connectivity index (χ4n) is 3.23. The first-order chi connectivity index (χ1) is 16.9. The second-order valence-electron chi connectivity index (χ2n) is 7.44. The number of hydrogen-bond acceptors (Lipinski definition) is 7. The van der Waals surface area contributed by atoms with Gasteiger partial charge in [-0.3, -0.25) is 14.1 Å². The molecule has 12 heteroatoms. The third kappa shape index (κ3) is 7.60. The lowest BCUT2D eigenvalue weighted by atomic mass is 10.0. The average Bonchev–Trinajstić information content (AvgIpc) is 3.52. The van der Waals surface area contributed by atoms with Crippen LogP contribution in [0.1, 0.15) is 22.9 Å². The molecular weight excluding hydrogens is 508 g/mol. The van der Waals surface area contributed by atoms with Crippen molar-refractivity contribution in [1.29, 1.82) is 0 Å². The van der Waals surface area contributed by atoms with Crippen LogP contribution in [0, 0.1) is 0 Å². The van der Waals surface area contributed by atoms with E-state index in [0.29, 0.717) is 12.1 Å². The molecule has 2 heterocycles. The molecule has 0 fully saturated rings. The van der Waals surface area contributed by atoms with E-state index in [9.17, 15) is 13.2 Å². The average molecular weight is 531 g/mol. The van der Waals surface area contributed by atoms with Crippen LogP contribution in [0.25, 0.3) is 9.88 Å². The van der Waals surface area contributed by atoms with Gasteiger partial charge in [-0.05, 0) is 41.1 Å². The molecule has 2 aromatic carbocycles. The van der Waals surface area contributed by atoms with Crippen molar-refractivity contribution in [3.05, 3.63) is 94.3 Å². The van der Waals surface area contributed by atoms with Gasteiger partial charge in [-0.25, -0.2) is 15.3 Å². The first-order valence-corrected chi connectivity index (χ1v) is 13.6. The van der Waals surface area contributed by atoms with E-state index in [4.69, 9.17) is 14.4 Å². The van der Waals surface area contributed by atoms with Gasteiger partial charge in [-0.15, -0.1) is 22.7 Å². The molecule has 0 radical (unpaired) electrons. The van der Waals surface area contributed by atoms with E-state index < -0.39 is 22.4 Å². The smallest absolute Gasteiger partial charge is 0.328 e. The summed E-state index contributed by atoms with van der Waals surface area (Å²) in [4.78, 5) is 23.7. The molecule has 4 aromatic rings. The van der Waals surface area contributed by atoms with Crippen molar-refractivity contribution in [2.75, 3.05) is 4.72 Å². The molecule has 0 saturated carbocycles. The quantitative estimate of drug-likeness (QED) is 0.172. The number of nitrogens with zero attached hydrogens (tertiary/aromatic N) is 1. The number of thiazole rings is 1. The Morgan fingerprint density at radius 1 is 1.00 bits per heavy atom. The molecule has 0 aliphatic heterocycles. The third-order valence-corrected chi connectivity index (χ3v) is 7.20. The Hall–Kier alpha value is -3.29. The Labute approximate surface area is 210 Å². The Morgan fingerprint density at radius 2 is 1.77 bits per heavy atom. The van der Waals surface area contributed by atoms with Crippen molar-refractivity contribution < 1.29 is 22.6 Å². The van der Waals surface area contributed by atoms with Gasteiger partial charge < -0.3 is 5.32 Å². The highest BCUT2D eigenvalue weighted by atomic mass is 32.2. The molecule has 2 amide bonds. The van der Waals surface area contributed by atoms with E-state index in [-0.39, 0.29) is 12.3 Å². The van der Waals surface area contributed by atoms with Crippen LogP contribution in [0.15, 0.2) is 77.5 Å². The van der Waals surface area contributed by atoms with Gasteiger partial charge in [0.05, 0.1) is 28.9 Å². The van der Waals surface area contributed by atoms with Crippen molar-refractivity contribution >= 4 is 44.7 Å². The molecule has 0 spiro atoms. The van der Waals surface area contributed by atoms with Gasteiger partial charge >= 0.3 is 16.3 Å².